The first-order valence-electron chi connectivity index (χ1n) is 8.17. The standard InChI is InChI=1S/C20H26N2.ClH/c1-16-6-3-4-9-19(16)18-8-5-7-17(12-18)13-22-11-10-20(2,14-21)15-22;/h3-9,12H,10-11,13-15,21H2,1-2H3;1H. The molecule has 3 rings (SSSR count). The molecule has 3 heteroatoms. The van der Waals surface area contributed by atoms with Crippen LogP contribution in [0.4, 0.5) is 0 Å². The van der Waals surface area contributed by atoms with E-state index in [2.05, 4.69) is 67.3 Å². The third-order valence-electron chi connectivity index (χ3n) is 4.92. The molecular formula is C20H27ClN2. The third kappa shape index (κ3) is 4.14. The zero-order valence-corrected chi connectivity index (χ0v) is 14.9. The molecule has 2 aromatic carbocycles. The second kappa shape index (κ2) is 7.48. The summed E-state index contributed by atoms with van der Waals surface area (Å²) in [6.45, 7) is 8.55. The highest BCUT2D eigenvalue weighted by molar-refractivity contribution is 5.85. The van der Waals surface area contributed by atoms with E-state index in [9.17, 15) is 0 Å². The Labute approximate surface area is 146 Å². The quantitative estimate of drug-likeness (QED) is 0.907. The maximum Gasteiger partial charge on any atom is 0.0234 e. The van der Waals surface area contributed by atoms with Crippen molar-refractivity contribution in [1.82, 2.24) is 4.90 Å². The maximum atomic E-state index is 5.91. The second-order valence-corrected chi connectivity index (χ2v) is 6.99. The average molecular weight is 331 g/mol. The lowest BCUT2D eigenvalue weighted by Gasteiger charge is -2.22. The molecule has 1 aliphatic heterocycles. The van der Waals surface area contributed by atoms with E-state index in [1.807, 2.05) is 0 Å². The predicted octanol–water partition coefficient (Wildman–Crippen LogP) is 4.25. The number of likely N-dealkylation sites (tertiary alicyclic amines) is 1. The molecule has 1 heterocycles. The van der Waals surface area contributed by atoms with Gasteiger partial charge in [-0.2, -0.15) is 0 Å². The van der Waals surface area contributed by atoms with Crippen molar-refractivity contribution in [3.05, 3.63) is 59.7 Å². The van der Waals surface area contributed by atoms with E-state index in [1.165, 1.54) is 28.7 Å². The number of halogens is 1. The van der Waals surface area contributed by atoms with Gasteiger partial charge in [-0.25, -0.2) is 0 Å². The van der Waals surface area contributed by atoms with Crippen molar-refractivity contribution in [2.75, 3.05) is 19.6 Å². The van der Waals surface area contributed by atoms with Gasteiger partial charge in [0.15, 0.2) is 0 Å². The summed E-state index contributed by atoms with van der Waals surface area (Å²) in [5.74, 6) is 0. The van der Waals surface area contributed by atoms with Gasteiger partial charge in [0.2, 0.25) is 0 Å². The monoisotopic (exact) mass is 330 g/mol. The molecule has 1 fully saturated rings. The molecule has 0 bridgehead atoms. The Bertz CT molecular complexity index is 656. The van der Waals surface area contributed by atoms with Crippen molar-refractivity contribution < 1.29 is 0 Å². The van der Waals surface area contributed by atoms with E-state index in [1.54, 1.807) is 0 Å². The van der Waals surface area contributed by atoms with Gasteiger partial charge in [-0.05, 0) is 60.2 Å². The van der Waals surface area contributed by atoms with Crippen LogP contribution in [0.5, 0.6) is 0 Å². The average Bonchev–Trinajstić information content (AvgIpc) is 2.90. The number of aryl methyl sites for hydroxylation is 1. The molecule has 2 N–H and O–H groups in total. The fraction of sp³-hybridized carbons (Fsp3) is 0.400. The van der Waals surface area contributed by atoms with Crippen LogP contribution in [0, 0.1) is 12.3 Å². The van der Waals surface area contributed by atoms with Crippen LogP contribution >= 0.6 is 12.4 Å². The summed E-state index contributed by atoms with van der Waals surface area (Å²) in [6, 6.07) is 17.5. The Hall–Kier alpha value is -1.35. The molecule has 0 spiro atoms. The van der Waals surface area contributed by atoms with E-state index >= 15 is 0 Å². The van der Waals surface area contributed by atoms with Gasteiger partial charge in [-0.3, -0.25) is 4.90 Å². The summed E-state index contributed by atoms with van der Waals surface area (Å²) in [5.41, 5.74) is 11.6. The van der Waals surface area contributed by atoms with Crippen LogP contribution in [0.3, 0.4) is 0 Å². The molecule has 0 saturated carbocycles. The minimum absolute atomic E-state index is 0. The Kier molecular flexibility index (Phi) is 5.85. The molecule has 1 atom stereocenters. The van der Waals surface area contributed by atoms with Crippen LogP contribution in [0.15, 0.2) is 48.5 Å². The van der Waals surface area contributed by atoms with Crippen molar-refractivity contribution in [3.8, 4) is 11.1 Å². The van der Waals surface area contributed by atoms with Crippen molar-refractivity contribution in [2.24, 2.45) is 11.1 Å². The van der Waals surface area contributed by atoms with Crippen molar-refractivity contribution in [2.45, 2.75) is 26.8 Å². The largest absolute Gasteiger partial charge is 0.330 e. The Balaban J connectivity index is 0.00000192. The van der Waals surface area contributed by atoms with Crippen LogP contribution in [0.1, 0.15) is 24.5 Å². The van der Waals surface area contributed by atoms with Crippen LogP contribution in [0.25, 0.3) is 11.1 Å². The van der Waals surface area contributed by atoms with Crippen molar-refractivity contribution >= 4 is 12.4 Å². The summed E-state index contributed by atoms with van der Waals surface area (Å²) in [6.07, 6.45) is 1.21. The number of hydrogen-bond donors (Lipinski definition) is 1. The number of benzene rings is 2. The first-order chi connectivity index (χ1) is 10.6. The molecule has 2 aromatic rings. The zero-order chi connectivity index (χ0) is 15.6. The van der Waals surface area contributed by atoms with Crippen molar-refractivity contribution in [3.63, 3.8) is 0 Å². The summed E-state index contributed by atoms with van der Waals surface area (Å²) in [7, 11) is 0. The van der Waals surface area contributed by atoms with Gasteiger partial charge in [-0.1, -0.05) is 49.4 Å². The lowest BCUT2D eigenvalue weighted by atomic mass is 9.90. The number of hydrogen-bond acceptors (Lipinski definition) is 2. The number of nitrogens with zero attached hydrogens (tertiary/aromatic N) is 1. The summed E-state index contributed by atoms with van der Waals surface area (Å²) < 4.78 is 0. The molecule has 0 aromatic heterocycles. The summed E-state index contributed by atoms with van der Waals surface area (Å²) >= 11 is 0. The fourth-order valence-corrected chi connectivity index (χ4v) is 3.42. The zero-order valence-electron chi connectivity index (χ0n) is 14.1. The van der Waals surface area contributed by atoms with E-state index in [4.69, 9.17) is 5.73 Å². The van der Waals surface area contributed by atoms with Gasteiger partial charge in [0, 0.05) is 13.1 Å². The van der Waals surface area contributed by atoms with Gasteiger partial charge in [-0.15, -0.1) is 12.4 Å². The molecule has 1 unspecified atom stereocenters. The van der Waals surface area contributed by atoms with Gasteiger partial charge in [0.05, 0.1) is 0 Å². The fourth-order valence-electron chi connectivity index (χ4n) is 3.42. The minimum atomic E-state index is 0. The van der Waals surface area contributed by atoms with Crippen LogP contribution < -0.4 is 5.73 Å². The third-order valence-corrected chi connectivity index (χ3v) is 4.92. The van der Waals surface area contributed by atoms with Crippen LogP contribution in [-0.4, -0.2) is 24.5 Å². The smallest absolute Gasteiger partial charge is 0.0234 e. The highest BCUT2D eigenvalue weighted by Gasteiger charge is 2.32. The molecule has 0 aliphatic carbocycles. The highest BCUT2D eigenvalue weighted by Crippen LogP contribution is 2.30. The first-order valence-corrected chi connectivity index (χ1v) is 8.17. The SMILES string of the molecule is Cc1ccccc1-c1cccc(CN2CCC(C)(CN)C2)c1.Cl. The first kappa shape index (κ1) is 18.0. The number of nitrogens with two attached hydrogens (primary N) is 1. The van der Waals surface area contributed by atoms with Gasteiger partial charge < -0.3 is 5.73 Å². The normalized spacial score (nSPS) is 21.2. The molecule has 2 nitrogen and oxygen atoms in total. The van der Waals surface area contributed by atoms with Crippen LogP contribution in [-0.2, 0) is 6.54 Å². The molecular weight excluding hydrogens is 304 g/mol. The highest BCUT2D eigenvalue weighted by atomic mass is 35.5. The van der Waals surface area contributed by atoms with Gasteiger partial charge >= 0.3 is 0 Å². The van der Waals surface area contributed by atoms with E-state index in [-0.39, 0.29) is 12.4 Å². The maximum absolute atomic E-state index is 5.91. The van der Waals surface area contributed by atoms with E-state index in [0.29, 0.717) is 5.41 Å². The topological polar surface area (TPSA) is 29.3 Å². The molecule has 1 aliphatic rings. The summed E-state index contributed by atoms with van der Waals surface area (Å²) in [4.78, 5) is 2.53. The van der Waals surface area contributed by atoms with E-state index < -0.39 is 0 Å². The Morgan fingerprint density at radius 3 is 2.61 bits per heavy atom. The van der Waals surface area contributed by atoms with E-state index in [0.717, 1.165) is 26.2 Å². The Morgan fingerprint density at radius 2 is 1.91 bits per heavy atom. The Morgan fingerprint density at radius 1 is 1.13 bits per heavy atom. The molecule has 0 radical (unpaired) electrons. The molecule has 1 saturated heterocycles. The predicted molar refractivity (Wildman–Crippen MR) is 101 cm³/mol. The molecule has 23 heavy (non-hydrogen) atoms. The minimum Gasteiger partial charge on any atom is -0.330 e. The van der Waals surface area contributed by atoms with Gasteiger partial charge in [0.1, 0.15) is 0 Å². The van der Waals surface area contributed by atoms with Crippen molar-refractivity contribution in [1.29, 1.82) is 0 Å². The van der Waals surface area contributed by atoms with Crippen LogP contribution in [0.2, 0.25) is 0 Å². The lowest BCUT2D eigenvalue weighted by molar-refractivity contribution is 0.274. The molecule has 124 valence electrons. The second-order valence-electron chi connectivity index (χ2n) is 6.99. The summed E-state index contributed by atoms with van der Waals surface area (Å²) in [5, 5.41) is 0. The lowest BCUT2D eigenvalue weighted by Crippen LogP contribution is -2.31. The number of rotatable bonds is 4. The molecule has 0 amide bonds. The van der Waals surface area contributed by atoms with Gasteiger partial charge in [0.25, 0.3) is 0 Å².